The van der Waals surface area contributed by atoms with E-state index in [4.69, 9.17) is 0 Å². The molecule has 3 heteroatoms. The number of fused-ring (bicyclic) bond motifs is 7. The molecule has 0 atom stereocenters. The zero-order chi connectivity index (χ0) is 19.3. The van der Waals surface area contributed by atoms with Gasteiger partial charge in [0.15, 0.2) is 5.52 Å². The smallest absolute Gasteiger partial charge is 0.292 e. The van der Waals surface area contributed by atoms with Crippen molar-refractivity contribution >= 4 is 38.7 Å². The fraction of sp³-hybridized carbons (Fsp3) is 0.240. The van der Waals surface area contributed by atoms with Crippen LogP contribution in [0.5, 0.6) is 0 Å². The number of hydrogen-bond acceptors (Lipinski definition) is 1. The summed E-state index contributed by atoms with van der Waals surface area (Å²) in [5, 5.41) is 2.56. The second-order valence-corrected chi connectivity index (χ2v) is 7.92. The average molecular weight is 369 g/mol. The standard InChI is InChI=1S/C25H26N3/c1-4-5-6-18-7-12-24-19(15-18)8-10-22-17-27-23-13-11-21(26(2)3)16-20(23)9-14-25(27)28(22)24/h7-17H,4-6H2,1-3H3/q+1. The number of hydrogen-bond donors (Lipinski definition) is 0. The Kier molecular flexibility index (Phi) is 3.97. The molecular weight excluding hydrogens is 342 g/mol. The van der Waals surface area contributed by atoms with Crippen LogP contribution >= 0.6 is 0 Å². The van der Waals surface area contributed by atoms with Gasteiger partial charge in [0.05, 0.1) is 0 Å². The Morgan fingerprint density at radius 3 is 2.57 bits per heavy atom. The molecule has 0 spiro atoms. The Bertz CT molecular complexity index is 1330. The van der Waals surface area contributed by atoms with Crippen LogP contribution in [0.25, 0.3) is 33.0 Å². The van der Waals surface area contributed by atoms with Crippen LogP contribution in [0.1, 0.15) is 25.3 Å². The Labute approximate surface area is 165 Å². The fourth-order valence-electron chi connectivity index (χ4n) is 4.21. The van der Waals surface area contributed by atoms with Crippen LogP contribution in [-0.4, -0.2) is 18.5 Å². The highest BCUT2D eigenvalue weighted by atomic mass is 15.1. The van der Waals surface area contributed by atoms with Crippen LogP contribution in [0.4, 0.5) is 5.69 Å². The molecule has 0 fully saturated rings. The Morgan fingerprint density at radius 1 is 0.893 bits per heavy atom. The molecule has 0 saturated carbocycles. The van der Waals surface area contributed by atoms with Crippen molar-refractivity contribution in [2.45, 2.75) is 26.2 Å². The topological polar surface area (TPSA) is 11.8 Å². The molecule has 0 aliphatic carbocycles. The number of nitrogens with zero attached hydrogens (tertiary/aromatic N) is 3. The van der Waals surface area contributed by atoms with Crippen LogP contribution < -0.4 is 9.30 Å². The number of aryl methyl sites for hydroxylation is 1. The largest absolute Gasteiger partial charge is 0.378 e. The van der Waals surface area contributed by atoms with Gasteiger partial charge in [0, 0.05) is 36.6 Å². The first kappa shape index (κ1) is 17.1. The van der Waals surface area contributed by atoms with Crippen LogP contribution in [0.15, 0.2) is 66.9 Å². The van der Waals surface area contributed by atoms with E-state index in [1.54, 1.807) is 0 Å². The van der Waals surface area contributed by atoms with E-state index >= 15 is 0 Å². The second kappa shape index (κ2) is 6.52. The maximum atomic E-state index is 2.37. The first-order valence-electron chi connectivity index (χ1n) is 10.1. The maximum Gasteiger partial charge on any atom is 0.292 e. The van der Waals surface area contributed by atoms with Crippen molar-refractivity contribution in [1.29, 1.82) is 0 Å². The maximum absolute atomic E-state index is 2.37. The lowest BCUT2D eigenvalue weighted by atomic mass is 10.1. The number of imidazole rings is 1. The number of benzene rings is 2. The third-order valence-corrected chi connectivity index (χ3v) is 5.78. The molecule has 0 N–H and O–H groups in total. The highest BCUT2D eigenvalue weighted by molar-refractivity contribution is 5.86. The highest BCUT2D eigenvalue weighted by Crippen LogP contribution is 2.24. The first-order chi connectivity index (χ1) is 13.7. The van der Waals surface area contributed by atoms with Crippen molar-refractivity contribution in [3.8, 4) is 0 Å². The number of aromatic nitrogens is 2. The van der Waals surface area contributed by atoms with Gasteiger partial charge in [-0.25, -0.2) is 0 Å². The zero-order valence-electron chi connectivity index (χ0n) is 16.8. The minimum absolute atomic E-state index is 1.16. The van der Waals surface area contributed by atoms with E-state index < -0.39 is 0 Å². The van der Waals surface area contributed by atoms with Crippen LogP contribution in [0.2, 0.25) is 0 Å². The molecule has 0 bridgehead atoms. The first-order valence-corrected chi connectivity index (χ1v) is 10.1. The van der Waals surface area contributed by atoms with E-state index in [-0.39, 0.29) is 0 Å². The minimum atomic E-state index is 1.16. The zero-order valence-corrected chi connectivity index (χ0v) is 16.8. The molecular formula is C25H26N3+. The third kappa shape index (κ3) is 2.62. The lowest BCUT2D eigenvalue weighted by Crippen LogP contribution is -2.20. The van der Waals surface area contributed by atoms with Gasteiger partial charge in [-0.05, 0) is 66.9 Å². The summed E-state index contributed by atoms with van der Waals surface area (Å²) in [5.74, 6) is 0. The summed E-state index contributed by atoms with van der Waals surface area (Å²) in [5.41, 5.74) is 7.58. The van der Waals surface area contributed by atoms with Crippen molar-refractivity contribution in [1.82, 2.24) is 4.40 Å². The molecule has 5 rings (SSSR count). The molecule has 0 saturated heterocycles. The van der Waals surface area contributed by atoms with Crippen molar-refractivity contribution in [3.05, 3.63) is 72.4 Å². The van der Waals surface area contributed by atoms with Crippen molar-refractivity contribution < 1.29 is 4.40 Å². The Hall–Kier alpha value is -3.07. The third-order valence-electron chi connectivity index (χ3n) is 5.78. The number of rotatable bonds is 4. The number of unbranched alkanes of at least 4 members (excludes halogenated alkanes) is 1. The molecule has 3 nitrogen and oxygen atoms in total. The molecule has 3 heterocycles. The van der Waals surface area contributed by atoms with Crippen molar-refractivity contribution in [3.63, 3.8) is 0 Å². The molecule has 0 unspecified atom stereocenters. The predicted octanol–water partition coefficient (Wildman–Crippen LogP) is 5.39. The summed E-state index contributed by atoms with van der Waals surface area (Å²) in [6.45, 7) is 2.25. The van der Waals surface area contributed by atoms with E-state index in [1.165, 1.54) is 57.1 Å². The summed E-state index contributed by atoms with van der Waals surface area (Å²) >= 11 is 0. The monoisotopic (exact) mass is 368 g/mol. The van der Waals surface area contributed by atoms with Gasteiger partial charge in [0.25, 0.3) is 5.65 Å². The molecule has 0 amide bonds. The van der Waals surface area contributed by atoms with Gasteiger partial charge in [-0.2, -0.15) is 8.80 Å². The fourth-order valence-corrected chi connectivity index (χ4v) is 4.21. The van der Waals surface area contributed by atoms with Gasteiger partial charge in [-0.3, -0.25) is 0 Å². The number of anilines is 1. The van der Waals surface area contributed by atoms with Crippen LogP contribution in [0, 0.1) is 0 Å². The Balaban J connectivity index is 1.77. The highest BCUT2D eigenvalue weighted by Gasteiger charge is 2.17. The van der Waals surface area contributed by atoms with Gasteiger partial charge >= 0.3 is 0 Å². The summed E-state index contributed by atoms with van der Waals surface area (Å²) in [6.07, 6.45) is 5.89. The van der Waals surface area contributed by atoms with Crippen LogP contribution in [-0.2, 0) is 6.42 Å². The lowest BCUT2D eigenvalue weighted by molar-refractivity contribution is -0.479. The molecule has 2 aromatic carbocycles. The van der Waals surface area contributed by atoms with Gasteiger partial charge in [-0.1, -0.05) is 19.4 Å². The molecule has 0 radical (unpaired) electrons. The van der Waals surface area contributed by atoms with Crippen LogP contribution in [0.3, 0.4) is 0 Å². The molecule has 5 aromatic rings. The summed E-state index contributed by atoms with van der Waals surface area (Å²) < 4.78 is 4.69. The van der Waals surface area contributed by atoms with Crippen molar-refractivity contribution in [2.24, 2.45) is 0 Å². The minimum Gasteiger partial charge on any atom is -0.378 e. The van der Waals surface area contributed by atoms with E-state index in [0.717, 1.165) is 6.42 Å². The summed E-state index contributed by atoms with van der Waals surface area (Å²) in [7, 11) is 4.17. The SMILES string of the molecule is CCCCc1ccc2c(ccc3c[n+]4c5ccc(N(C)C)cc5ccc4n32)c1. The number of pyridine rings is 2. The van der Waals surface area contributed by atoms with E-state index in [9.17, 15) is 0 Å². The summed E-state index contributed by atoms with van der Waals surface area (Å²) in [6, 6.07) is 22.6. The normalized spacial score (nSPS) is 11.8. The van der Waals surface area contributed by atoms with E-state index in [2.05, 4.69) is 102 Å². The van der Waals surface area contributed by atoms with Gasteiger partial charge in [-0.15, -0.1) is 0 Å². The summed E-state index contributed by atoms with van der Waals surface area (Å²) in [4.78, 5) is 2.15. The second-order valence-electron chi connectivity index (χ2n) is 7.92. The quantitative estimate of drug-likeness (QED) is 0.387. The lowest BCUT2D eigenvalue weighted by Gasteiger charge is -2.12. The molecule has 0 aliphatic heterocycles. The van der Waals surface area contributed by atoms with Gasteiger partial charge in [0.1, 0.15) is 17.2 Å². The predicted molar refractivity (Wildman–Crippen MR) is 119 cm³/mol. The van der Waals surface area contributed by atoms with Gasteiger partial charge in [0.2, 0.25) is 0 Å². The molecule has 140 valence electrons. The molecule has 0 aliphatic rings. The molecule has 28 heavy (non-hydrogen) atoms. The Morgan fingerprint density at radius 2 is 1.75 bits per heavy atom. The molecule has 3 aromatic heterocycles. The van der Waals surface area contributed by atoms with Crippen molar-refractivity contribution in [2.75, 3.05) is 19.0 Å². The van der Waals surface area contributed by atoms with Gasteiger partial charge < -0.3 is 4.90 Å². The van der Waals surface area contributed by atoms with E-state index in [1.807, 2.05) is 0 Å². The average Bonchev–Trinajstić information content (AvgIpc) is 3.11. The van der Waals surface area contributed by atoms with E-state index in [0.29, 0.717) is 0 Å².